The zero-order chi connectivity index (χ0) is 28.6. The van der Waals surface area contributed by atoms with E-state index >= 15 is 0 Å². The Kier molecular flexibility index (Phi) is 10.2. The van der Waals surface area contributed by atoms with Crippen LogP contribution in [0.4, 0.5) is 0 Å². The first-order chi connectivity index (χ1) is 19.4. The molecule has 0 aromatic heterocycles. The highest BCUT2D eigenvalue weighted by Gasteiger charge is 2.51. The molecule has 0 fully saturated rings. The minimum absolute atomic E-state index is 0.0577. The van der Waals surface area contributed by atoms with E-state index in [1.54, 1.807) is 23.1 Å². The topological polar surface area (TPSA) is 129 Å². The third-order valence-corrected chi connectivity index (χ3v) is 7.63. The maximum absolute atomic E-state index is 13.7. The number of ether oxygens (including phenoxy) is 2. The van der Waals surface area contributed by atoms with Gasteiger partial charge in [-0.2, -0.15) is 0 Å². The van der Waals surface area contributed by atoms with E-state index in [4.69, 9.17) is 9.47 Å². The Morgan fingerprint density at radius 3 is 2.52 bits per heavy atom. The Morgan fingerprint density at radius 2 is 1.85 bits per heavy atom. The van der Waals surface area contributed by atoms with Crippen molar-refractivity contribution in [2.75, 3.05) is 26.8 Å². The van der Waals surface area contributed by atoms with Gasteiger partial charge in [0.2, 0.25) is 11.8 Å². The number of carbonyl (C=O) groups is 2. The lowest BCUT2D eigenvalue weighted by atomic mass is 9.77. The Balaban J connectivity index is 1.75. The van der Waals surface area contributed by atoms with Gasteiger partial charge in [-0.05, 0) is 35.8 Å². The number of amides is 2. The summed E-state index contributed by atoms with van der Waals surface area (Å²) in [6.07, 6.45) is 3.65. The number of aliphatic hydroxyl groups excluding tert-OH is 3. The standard InChI is InChI=1S/C31H40N2O7/c1-3-4-5-9-13-33(26(36)17-20-10-7-6-8-11-20)24-18-23(31(38)32-12-14-34)27-22-15-21(19-35)16-25(39-2)29(22)40-30(27)28(24)37/h6-8,10-11,15-16,18,24,27-28,30,34-35,37H,3-5,9,12-14,17,19H2,1-2H3,(H,32,38). The van der Waals surface area contributed by atoms with Crippen LogP contribution in [0.2, 0.25) is 0 Å². The molecule has 1 aliphatic carbocycles. The quantitative estimate of drug-likeness (QED) is 0.281. The smallest absolute Gasteiger partial charge is 0.247 e. The number of benzene rings is 2. The van der Waals surface area contributed by atoms with Crippen molar-refractivity contribution < 1.29 is 34.4 Å². The molecule has 9 nitrogen and oxygen atoms in total. The first-order valence-electron chi connectivity index (χ1n) is 14.0. The predicted octanol–water partition coefficient (Wildman–Crippen LogP) is 2.46. The number of fused-ring (bicyclic) bond motifs is 3. The van der Waals surface area contributed by atoms with Gasteiger partial charge in [0.05, 0.1) is 38.7 Å². The number of nitrogens with zero attached hydrogens (tertiary/aromatic N) is 1. The number of aliphatic hydroxyl groups is 3. The molecule has 4 rings (SSSR count). The van der Waals surface area contributed by atoms with Crippen LogP contribution in [0, 0.1) is 0 Å². The summed E-state index contributed by atoms with van der Waals surface area (Å²) >= 11 is 0. The average molecular weight is 553 g/mol. The van der Waals surface area contributed by atoms with Gasteiger partial charge in [-0.25, -0.2) is 0 Å². The van der Waals surface area contributed by atoms with E-state index in [2.05, 4.69) is 12.2 Å². The van der Waals surface area contributed by atoms with Crippen molar-refractivity contribution in [1.29, 1.82) is 0 Å². The Morgan fingerprint density at radius 1 is 1.07 bits per heavy atom. The van der Waals surface area contributed by atoms with Crippen molar-refractivity contribution in [3.05, 3.63) is 70.8 Å². The van der Waals surface area contributed by atoms with Crippen LogP contribution in [-0.2, 0) is 22.6 Å². The molecule has 4 N–H and O–H groups in total. The lowest BCUT2D eigenvalue weighted by Gasteiger charge is -2.41. The number of methoxy groups -OCH3 is 1. The van der Waals surface area contributed by atoms with E-state index < -0.39 is 30.1 Å². The summed E-state index contributed by atoms with van der Waals surface area (Å²) in [5.41, 5.74) is 2.42. The Labute approximate surface area is 235 Å². The van der Waals surface area contributed by atoms with Crippen LogP contribution in [0.3, 0.4) is 0 Å². The molecule has 0 saturated carbocycles. The zero-order valence-electron chi connectivity index (χ0n) is 23.2. The van der Waals surface area contributed by atoms with Gasteiger partial charge in [-0.3, -0.25) is 9.59 Å². The van der Waals surface area contributed by atoms with Crippen LogP contribution in [0.5, 0.6) is 11.5 Å². The molecule has 9 heteroatoms. The molecule has 4 unspecified atom stereocenters. The summed E-state index contributed by atoms with van der Waals surface area (Å²) in [6, 6.07) is 12.1. The number of unbranched alkanes of at least 4 members (excludes halogenated alkanes) is 3. The number of rotatable bonds is 13. The average Bonchev–Trinajstić information content (AvgIpc) is 3.36. The monoisotopic (exact) mass is 552 g/mol. The Bertz CT molecular complexity index is 1200. The largest absolute Gasteiger partial charge is 0.493 e. The van der Waals surface area contributed by atoms with Gasteiger partial charge < -0.3 is 35.0 Å². The second-order valence-corrected chi connectivity index (χ2v) is 10.3. The first-order valence-corrected chi connectivity index (χ1v) is 14.0. The molecule has 0 saturated heterocycles. The Hall–Kier alpha value is -3.40. The fourth-order valence-corrected chi connectivity index (χ4v) is 5.64. The number of carbonyl (C=O) groups excluding carboxylic acids is 2. The molecular weight excluding hydrogens is 512 g/mol. The fourth-order valence-electron chi connectivity index (χ4n) is 5.64. The summed E-state index contributed by atoms with van der Waals surface area (Å²) in [5.74, 6) is -0.405. The third-order valence-electron chi connectivity index (χ3n) is 7.63. The van der Waals surface area contributed by atoms with Crippen molar-refractivity contribution in [2.45, 2.75) is 69.8 Å². The predicted molar refractivity (Wildman–Crippen MR) is 150 cm³/mol. The van der Waals surface area contributed by atoms with Crippen LogP contribution in [0.1, 0.15) is 55.2 Å². The van der Waals surface area contributed by atoms with E-state index in [1.165, 1.54) is 7.11 Å². The highest BCUT2D eigenvalue weighted by Crippen LogP contribution is 2.51. The van der Waals surface area contributed by atoms with Crippen molar-refractivity contribution >= 4 is 11.8 Å². The van der Waals surface area contributed by atoms with Gasteiger partial charge in [0, 0.05) is 24.2 Å². The van der Waals surface area contributed by atoms with Crippen LogP contribution < -0.4 is 14.8 Å². The molecule has 1 heterocycles. The molecular formula is C31H40N2O7. The van der Waals surface area contributed by atoms with Gasteiger partial charge in [-0.1, -0.05) is 56.5 Å². The van der Waals surface area contributed by atoms with Crippen LogP contribution in [-0.4, -0.2) is 77.1 Å². The summed E-state index contributed by atoms with van der Waals surface area (Å²) in [5, 5.41) is 33.6. The molecule has 1 aliphatic heterocycles. The van der Waals surface area contributed by atoms with Gasteiger partial charge >= 0.3 is 0 Å². The van der Waals surface area contributed by atoms with Gasteiger partial charge in [0.25, 0.3) is 0 Å². The van der Waals surface area contributed by atoms with Crippen LogP contribution in [0.25, 0.3) is 0 Å². The lowest BCUT2D eigenvalue weighted by molar-refractivity contribution is -0.136. The van der Waals surface area contributed by atoms with Crippen molar-refractivity contribution in [1.82, 2.24) is 10.2 Å². The molecule has 4 atom stereocenters. The first kappa shape index (κ1) is 29.6. The lowest BCUT2D eigenvalue weighted by Crippen LogP contribution is -2.56. The summed E-state index contributed by atoms with van der Waals surface area (Å²) in [4.78, 5) is 28.8. The summed E-state index contributed by atoms with van der Waals surface area (Å²) < 4.78 is 11.8. The van der Waals surface area contributed by atoms with E-state index in [9.17, 15) is 24.9 Å². The minimum atomic E-state index is -1.13. The highest BCUT2D eigenvalue weighted by atomic mass is 16.5. The van der Waals surface area contributed by atoms with E-state index in [1.807, 2.05) is 30.3 Å². The highest BCUT2D eigenvalue weighted by molar-refractivity contribution is 5.96. The summed E-state index contributed by atoms with van der Waals surface area (Å²) in [6.45, 7) is 2.14. The van der Waals surface area contributed by atoms with Gasteiger partial charge in [0.15, 0.2) is 11.5 Å². The normalized spacial score (nSPS) is 21.1. The fraction of sp³-hybridized carbons (Fsp3) is 0.484. The number of hydrogen-bond donors (Lipinski definition) is 4. The van der Waals surface area contributed by atoms with E-state index in [0.717, 1.165) is 31.2 Å². The van der Waals surface area contributed by atoms with Crippen molar-refractivity contribution in [2.24, 2.45) is 0 Å². The van der Waals surface area contributed by atoms with Gasteiger partial charge in [-0.15, -0.1) is 0 Å². The second-order valence-electron chi connectivity index (χ2n) is 10.3. The number of nitrogens with one attached hydrogen (secondary N) is 1. The maximum atomic E-state index is 13.7. The molecule has 2 aromatic rings. The molecule has 0 spiro atoms. The summed E-state index contributed by atoms with van der Waals surface area (Å²) in [7, 11) is 1.49. The maximum Gasteiger partial charge on any atom is 0.247 e. The van der Waals surface area contributed by atoms with E-state index in [0.29, 0.717) is 34.7 Å². The van der Waals surface area contributed by atoms with Crippen LogP contribution in [0.15, 0.2) is 54.1 Å². The zero-order valence-corrected chi connectivity index (χ0v) is 23.2. The van der Waals surface area contributed by atoms with Crippen molar-refractivity contribution in [3.63, 3.8) is 0 Å². The van der Waals surface area contributed by atoms with Crippen LogP contribution >= 0.6 is 0 Å². The minimum Gasteiger partial charge on any atom is -0.493 e. The molecule has 40 heavy (non-hydrogen) atoms. The van der Waals surface area contributed by atoms with E-state index in [-0.39, 0.29) is 32.1 Å². The third kappa shape index (κ3) is 6.32. The second kappa shape index (κ2) is 13.8. The SMILES string of the molecule is CCCCCCN(C(=O)Cc1ccccc1)C1C=C(C(=O)NCCO)C2c3cc(CO)cc(OC)c3OC2C1O. The molecule has 2 aromatic carbocycles. The molecule has 2 amide bonds. The van der Waals surface area contributed by atoms with Gasteiger partial charge in [0.1, 0.15) is 12.2 Å². The molecule has 0 bridgehead atoms. The molecule has 0 radical (unpaired) electrons. The molecule has 2 aliphatic rings. The molecule has 216 valence electrons. The van der Waals surface area contributed by atoms with Crippen molar-refractivity contribution in [3.8, 4) is 11.5 Å². The number of hydrogen-bond acceptors (Lipinski definition) is 7.